The summed E-state index contributed by atoms with van der Waals surface area (Å²) < 4.78 is 44.0. The number of rotatable bonds is 5. The third-order valence-corrected chi connectivity index (χ3v) is 7.90. The number of hydrogen-bond donors (Lipinski definition) is 1. The fourth-order valence-corrected chi connectivity index (χ4v) is 5.66. The maximum Gasteiger partial charge on any atom is 0.453 e. The molecule has 1 saturated heterocycles. The van der Waals surface area contributed by atoms with E-state index in [4.69, 9.17) is 0 Å². The lowest BCUT2D eigenvalue weighted by Gasteiger charge is -2.25. The number of benzene rings is 1. The molecule has 0 amide bonds. The quantitative estimate of drug-likeness (QED) is 0.341. The Hall–Kier alpha value is -3.73. The summed E-state index contributed by atoms with van der Waals surface area (Å²) in [4.78, 5) is 15.4. The number of hydrogen-bond acceptors (Lipinski definition) is 6. The zero-order valence-electron chi connectivity index (χ0n) is 22.0. The van der Waals surface area contributed by atoms with E-state index in [0.29, 0.717) is 23.1 Å². The van der Waals surface area contributed by atoms with Crippen molar-refractivity contribution >= 4 is 11.6 Å². The number of nitrogens with one attached hydrogen (secondary N) is 1. The van der Waals surface area contributed by atoms with Crippen molar-refractivity contribution in [3.63, 3.8) is 0 Å². The van der Waals surface area contributed by atoms with Crippen molar-refractivity contribution in [2.75, 3.05) is 18.4 Å². The van der Waals surface area contributed by atoms with E-state index in [1.807, 2.05) is 30.7 Å². The zero-order chi connectivity index (χ0) is 27.1. The summed E-state index contributed by atoms with van der Waals surface area (Å²) in [6.07, 6.45) is 3.71. The van der Waals surface area contributed by atoms with Crippen molar-refractivity contribution in [3.8, 4) is 17.2 Å². The summed E-state index contributed by atoms with van der Waals surface area (Å²) in [5.41, 5.74) is 5.30. The van der Waals surface area contributed by atoms with Gasteiger partial charge in [-0.15, -0.1) is 5.10 Å². The lowest BCUT2D eigenvalue weighted by Crippen LogP contribution is -2.32. The molecule has 1 fully saturated rings. The van der Waals surface area contributed by atoms with Crippen LogP contribution in [0.15, 0.2) is 42.7 Å². The van der Waals surface area contributed by atoms with Crippen LogP contribution in [-0.4, -0.2) is 53.3 Å². The van der Waals surface area contributed by atoms with Gasteiger partial charge in [-0.25, -0.2) is 9.97 Å². The summed E-state index contributed by atoms with van der Waals surface area (Å²) in [5, 5.41) is 6.89. The van der Waals surface area contributed by atoms with Gasteiger partial charge >= 0.3 is 6.18 Å². The van der Waals surface area contributed by atoms with Gasteiger partial charge in [-0.1, -0.05) is 12.1 Å². The minimum absolute atomic E-state index is 0.0479. The number of pyridine rings is 1. The Morgan fingerprint density at radius 2 is 1.74 bits per heavy atom. The Labute approximate surface area is 224 Å². The van der Waals surface area contributed by atoms with E-state index in [1.54, 1.807) is 24.5 Å². The highest BCUT2D eigenvalue weighted by atomic mass is 19.4. The van der Waals surface area contributed by atoms with Crippen molar-refractivity contribution in [1.29, 1.82) is 0 Å². The highest BCUT2D eigenvalue weighted by Gasteiger charge is 2.37. The van der Waals surface area contributed by atoms with E-state index in [1.165, 1.54) is 37.1 Å². The summed E-state index contributed by atoms with van der Waals surface area (Å²) >= 11 is 0. The van der Waals surface area contributed by atoms with Crippen LogP contribution in [0.2, 0.25) is 0 Å². The number of aromatic nitrogens is 6. The summed E-state index contributed by atoms with van der Waals surface area (Å²) in [7, 11) is 1.87. The van der Waals surface area contributed by atoms with Crippen LogP contribution < -0.4 is 5.32 Å². The number of likely N-dealkylation sites (tertiary alicyclic amines) is 1. The number of fused-ring (bicyclic) bond motifs is 1. The number of imidazole rings is 1. The molecule has 1 atom stereocenters. The molecule has 1 aromatic carbocycles. The molecule has 4 heterocycles. The van der Waals surface area contributed by atoms with Gasteiger partial charge in [-0.05, 0) is 93.9 Å². The van der Waals surface area contributed by atoms with Gasteiger partial charge in [0.15, 0.2) is 5.82 Å². The highest BCUT2D eigenvalue weighted by molar-refractivity contribution is 5.60. The van der Waals surface area contributed by atoms with Crippen molar-refractivity contribution in [3.05, 3.63) is 65.4 Å². The molecule has 0 radical (unpaired) electrons. The van der Waals surface area contributed by atoms with Gasteiger partial charge in [-0.2, -0.15) is 22.8 Å². The molecule has 2 aliphatic rings. The summed E-state index contributed by atoms with van der Waals surface area (Å²) in [6.45, 7) is 4.27. The molecule has 1 aliphatic carbocycles. The van der Waals surface area contributed by atoms with Gasteiger partial charge in [0.05, 0.1) is 12.0 Å². The topological polar surface area (TPSA) is 76.7 Å². The van der Waals surface area contributed by atoms with E-state index >= 15 is 0 Å². The standard InChI is InChI=1S/C28H31F3N8/c1-18-25(32-17-37(18)2)23-6-5-7-24(34-23)39-27(35-26(36-39)28(29,30)31)33-21-11-8-19-9-12-22(13-10-20(19)16-21)38-14-3-4-15-38/h5-8,11,16-17,22H,3-4,9-10,12-15H2,1-2H3,(H,33,35,36). The van der Waals surface area contributed by atoms with Gasteiger partial charge in [0.2, 0.25) is 5.95 Å². The predicted octanol–water partition coefficient (Wildman–Crippen LogP) is 5.48. The first-order valence-electron chi connectivity index (χ1n) is 13.4. The molecule has 39 heavy (non-hydrogen) atoms. The van der Waals surface area contributed by atoms with Crippen molar-refractivity contribution in [2.24, 2.45) is 7.05 Å². The molecule has 1 unspecified atom stereocenters. The molecule has 0 spiro atoms. The Morgan fingerprint density at radius 3 is 2.46 bits per heavy atom. The Morgan fingerprint density at radius 1 is 0.974 bits per heavy atom. The molecule has 4 aromatic rings. The normalized spacial score (nSPS) is 18.2. The van der Waals surface area contributed by atoms with Crippen LogP contribution in [0.4, 0.5) is 24.8 Å². The molecule has 8 nitrogen and oxygen atoms in total. The largest absolute Gasteiger partial charge is 0.453 e. The molecular formula is C28H31F3N8. The van der Waals surface area contributed by atoms with Gasteiger partial charge in [0.1, 0.15) is 5.69 Å². The minimum atomic E-state index is -4.70. The monoisotopic (exact) mass is 536 g/mol. The Balaban J connectivity index is 1.30. The SMILES string of the molecule is Cc1c(-c2cccc(-n3nc(C(F)(F)F)nc3Nc3ccc4c(c3)CCC(N3CCCC3)CC4)n2)ncn1C. The van der Waals surface area contributed by atoms with Gasteiger partial charge < -0.3 is 14.8 Å². The fourth-order valence-electron chi connectivity index (χ4n) is 5.66. The van der Waals surface area contributed by atoms with Gasteiger partial charge in [0, 0.05) is 24.5 Å². The lowest BCUT2D eigenvalue weighted by atomic mass is 10.0. The van der Waals surface area contributed by atoms with Crippen molar-refractivity contribution < 1.29 is 13.2 Å². The molecule has 11 heteroatoms. The van der Waals surface area contributed by atoms with Crippen LogP contribution in [0.1, 0.15) is 48.3 Å². The van der Waals surface area contributed by atoms with E-state index in [0.717, 1.165) is 36.1 Å². The average molecular weight is 537 g/mol. The van der Waals surface area contributed by atoms with Gasteiger partial charge in [-0.3, -0.25) is 0 Å². The Kier molecular flexibility index (Phi) is 6.62. The highest BCUT2D eigenvalue weighted by Crippen LogP contribution is 2.32. The number of nitrogens with zero attached hydrogens (tertiary/aromatic N) is 7. The molecule has 3 aromatic heterocycles. The maximum absolute atomic E-state index is 13.7. The van der Waals surface area contributed by atoms with E-state index in [2.05, 4.69) is 36.3 Å². The van der Waals surface area contributed by atoms with Crippen LogP contribution in [0.5, 0.6) is 0 Å². The first kappa shape index (κ1) is 25.5. The molecule has 1 aliphatic heterocycles. The maximum atomic E-state index is 13.7. The second-order valence-corrected chi connectivity index (χ2v) is 10.4. The average Bonchev–Trinajstić information content (AvgIpc) is 3.63. The van der Waals surface area contributed by atoms with Crippen LogP contribution in [0, 0.1) is 6.92 Å². The van der Waals surface area contributed by atoms with Crippen LogP contribution in [0.3, 0.4) is 0 Å². The first-order chi connectivity index (χ1) is 18.8. The minimum Gasteiger partial charge on any atom is -0.337 e. The molecule has 204 valence electrons. The van der Waals surface area contributed by atoms with E-state index in [-0.39, 0.29) is 11.8 Å². The smallest absolute Gasteiger partial charge is 0.337 e. The fraction of sp³-hybridized carbons (Fsp3) is 0.429. The number of aryl methyl sites for hydroxylation is 3. The molecular weight excluding hydrogens is 505 g/mol. The second kappa shape index (κ2) is 10.1. The summed E-state index contributed by atoms with van der Waals surface area (Å²) in [6, 6.07) is 11.7. The van der Waals surface area contributed by atoms with Crippen LogP contribution in [0.25, 0.3) is 17.2 Å². The van der Waals surface area contributed by atoms with Crippen LogP contribution >= 0.6 is 0 Å². The van der Waals surface area contributed by atoms with E-state index in [9.17, 15) is 13.2 Å². The predicted molar refractivity (Wildman–Crippen MR) is 142 cm³/mol. The second-order valence-electron chi connectivity index (χ2n) is 10.4. The van der Waals surface area contributed by atoms with Crippen LogP contribution in [-0.2, 0) is 26.1 Å². The van der Waals surface area contributed by atoms with Crippen molar-refractivity contribution in [2.45, 2.75) is 57.7 Å². The van der Waals surface area contributed by atoms with Crippen molar-refractivity contribution in [1.82, 2.24) is 34.2 Å². The third-order valence-electron chi connectivity index (χ3n) is 7.90. The lowest BCUT2D eigenvalue weighted by molar-refractivity contribution is -0.144. The number of alkyl halides is 3. The molecule has 6 rings (SSSR count). The third kappa shape index (κ3) is 5.15. The van der Waals surface area contributed by atoms with Gasteiger partial charge in [0.25, 0.3) is 5.82 Å². The molecule has 0 bridgehead atoms. The molecule has 1 N–H and O–H groups in total. The zero-order valence-corrected chi connectivity index (χ0v) is 22.0. The number of anilines is 2. The van der Waals surface area contributed by atoms with E-state index < -0.39 is 12.0 Å². The first-order valence-corrected chi connectivity index (χ1v) is 13.4. The summed E-state index contributed by atoms with van der Waals surface area (Å²) in [5.74, 6) is -1.06. The molecule has 0 saturated carbocycles. The Bertz CT molecular complexity index is 1480. The number of halogens is 3.